The normalized spacial score (nSPS) is 18.3. The van der Waals surface area contributed by atoms with Gasteiger partial charge in [-0.25, -0.2) is 13.5 Å². The highest BCUT2D eigenvalue weighted by molar-refractivity contribution is 5.94. The van der Waals surface area contributed by atoms with E-state index in [9.17, 15) is 18.4 Å². The molecule has 1 N–H and O–H groups in total. The highest BCUT2D eigenvalue weighted by Gasteiger charge is 2.33. The van der Waals surface area contributed by atoms with Crippen molar-refractivity contribution in [3.63, 3.8) is 0 Å². The summed E-state index contributed by atoms with van der Waals surface area (Å²) in [5.74, 6) is -2.83. The van der Waals surface area contributed by atoms with Crippen molar-refractivity contribution in [3.8, 4) is 0 Å². The van der Waals surface area contributed by atoms with Crippen LogP contribution in [0.5, 0.6) is 0 Å². The molecule has 182 valence electrons. The number of fused-ring (bicyclic) bond motifs is 1. The second-order valence-corrected chi connectivity index (χ2v) is 8.96. The first-order chi connectivity index (χ1) is 16.9. The van der Waals surface area contributed by atoms with Crippen LogP contribution in [0.3, 0.4) is 0 Å². The minimum Gasteiger partial charge on any atom is -0.365 e. The highest BCUT2D eigenvalue weighted by atomic mass is 19.2. The van der Waals surface area contributed by atoms with Crippen LogP contribution in [-0.4, -0.2) is 44.8 Å². The molecule has 1 atom stereocenters. The third kappa shape index (κ3) is 4.79. The van der Waals surface area contributed by atoms with Gasteiger partial charge < -0.3 is 15.0 Å². The molecular formula is C25H25F2N5O3. The van der Waals surface area contributed by atoms with Crippen LogP contribution in [0, 0.1) is 24.5 Å². The van der Waals surface area contributed by atoms with Crippen molar-refractivity contribution >= 4 is 17.5 Å². The largest absolute Gasteiger partial charge is 0.365 e. The number of piperidine rings is 1. The fraction of sp³-hybridized carbons (Fsp3) is 0.360. The zero-order chi connectivity index (χ0) is 24.5. The van der Waals surface area contributed by atoms with E-state index in [1.807, 2.05) is 31.2 Å². The van der Waals surface area contributed by atoms with E-state index in [0.717, 1.165) is 17.7 Å². The summed E-state index contributed by atoms with van der Waals surface area (Å²) in [6.07, 6.45) is 0.754. The number of aryl methyl sites for hydroxylation is 1. The number of likely N-dealkylation sites (tertiary alicyclic amines) is 1. The predicted molar refractivity (Wildman–Crippen MR) is 122 cm³/mol. The molecule has 3 heterocycles. The van der Waals surface area contributed by atoms with Gasteiger partial charge in [0, 0.05) is 30.8 Å². The van der Waals surface area contributed by atoms with Crippen LogP contribution in [0.4, 0.5) is 14.5 Å². The minimum absolute atomic E-state index is 0.156. The van der Waals surface area contributed by atoms with Gasteiger partial charge in [-0.1, -0.05) is 35.0 Å². The number of aromatic nitrogens is 3. The zero-order valence-electron chi connectivity index (χ0n) is 19.2. The summed E-state index contributed by atoms with van der Waals surface area (Å²) in [5, 5.41) is 10.9. The Balaban J connectivity index is 1.18. The number of carbonyl (C=O) groups is 2. The van der Waals surface area contributed by atoms with E-state index in [2.05, 4.69) is 15.6 Å². The molecule has 2 amide bonds. The van der Waals surface area contributed by atoms with E-state index >= 15 is 0 Å². The van der Waals surface area contributed by atoms with E-state index in [-0.39, 0.29) is 41.8 Å². The summed E-state index contributed by atoms with van der Waals surface area (Å²) in [7, 11) is 0. The Morgan fingerprint density at radius 3 is 2.51 bits per heavy atom. The lowest BCUT2D eigenvalue weighted by Gasteiger charge is -2.31. The first kappa shape index (κ1) is 23.1. The topological polar surface area (TPSA) is 89.4 Å². The number of halogens is 2. The van der Waals surface area contributed by atoms with E-state index in [1.54, 1.807) is 9.58 Å². The maximum atomic E-state index is 13.4. The highest BCUT2D eigenvalue weighted by Crippen LogP contribution is 2.28. The Kier molecular flexibility index (Phi) is 6.29. The molecule has 5 rings (SSSR count). The third-order valence-corrected chi connectivity index (χ3v) is 6.59. The predicted octanol–water partition coefficient (Wildman–Crippen LogP) is 3.63. The van der Waals surface area contributed by atoms with Crippen molar-refractivity contribution in [2.45, 2.75) is 39.0 Å². The molecule has 8 nitrogen and oxygen atoms in total. The van der Waals surface area contributed by atoms with Crippen LogP contribution in [0.2, 0.25) is 0 Å². The van der Waals surface area contributed by atoms with Crippen molar-refractivity contribution in [1.82, 2.24) is 19.9 Å². The second kappa shape index (κ2) is 9.53. The summed E-state index contributed by atoms with van der Waals surface area (Å²) in [4.78, 5) is 27.4. The minimum atomic E-state index is -1.02. The number of nitrogens with zero attached hydrogens (tertiary/aromatic N) is 4. The van der Waals surface area contributed by atoms with Gasteiger partial charge in [0.2, 0.25) is 5.91 Å². The summed E-state index contributed by atoms with van der Waals surface area (Å²) >= 11 is 0. The van der Waals surface area contributed by atoms with E-state index < -0.39 is 11.6 Å². The molecular weight excluding hydrogens is 456 g/mol. The average molecular weight is 482 g/mol. The molecule has 2 aliphatic heterocycles. The van der Waals surface area contributed by atoms with Gasteiger partial charge in [-0.15, -0.1) is 5.10 Å². The fourth-order valence-corrected chi connectivity index (χ4v) is 4.47. The van der Waals surface area contributed by atoms with Gasteiger partial charge in [0.05, 0.1) is 18.8 Å². The molecule has 35 heavy (non-hydrogen) atoms. The maximum absolute atomic E-state index is 13.4. The molecule has 2 aromatic carbocycles. The maximum Gasteiger partial charge on any atom is 0.276 e. The summed E-state index contributed by atoms with van der Waals surface area (Å²) < 4.78 is 34.2. The SMILES string of the molecule is Cc1ccc([C@@H]2Cn3nnc(C(=O)N4CCC(C(=O)Nc5ccc(F)c(F)c5)CC4)c3CO2)cc1. The standard InChI is InChI=1S/C25H25F2N5O3/c1-15-2-4-16(5-3-15)22-13-32-21(14-35-22)23(29-30-32)25(34)31-10-8-17(9-11-31)24(33)28-18-6-7-19(26)20(27)12-18/h2-7,12,17,22H,8-11,13-14H2,1H3,(H,28,33)/t22-/m0/s1. The van der Waals surface area contributed by atoms with Gasteiger partial charge in [-0.3, -0.25) is 9.59 Å². The Hall–Kier alpha value is -3.66. The number of carbonyl (C=O) groups excluding carboxylic acids is 2. The second-order valence-electron chi connectivity index (χ2n) is 8.96. The number of nitrogens with one attached hydrogen (secondary N) is 1. The Morgan fingerprint density at radius 1 is 1.06 bits per heavy atom. The third-order valence-electron chi connectivity index (χ3n) is 6.59. The van der Waals surface area contributed by atoms with Crippen LogP contribution < -0.4 is 5.32 Å². The summed E-state index contributed by atoms with van der Waals surface area (Å²) in [6.45, 7) is 3.51. The summed E-state index contributed by atoms with van der Waals surface area (Å²) in [5.41, 5.74) is 3.35. The van der Waals surface area contributed by atoms with Crippen molar-refractivity contribution in [1.29, 1.82) is 0 Å². The molecule has 0 saturated carbocycles. The molecule has 2 aliphatic rings. The molecule has 1 saturated heterocycles. The van der Waals surface area contributed by atoms with Gasteiger partial charge in [-0.2, -0.15) is 0 Å². The van der Waals surface area contributed by atoms with Crippen LogP contribution in [0.1, 0.15) is 46.3 Å². The monoisotopic (exact) mass is 481 g/mol. The molecule has 1 fully saturated rings. The van der Waals surface area contributed by atoms with Gasteiger partial charge >= 0.3 is 0 Å². The van der Waals surface area contributed by atoms with Crippen LogP contribution in [-0.2, 0) is 22.7 Å². The van der Waals surface area contributed by atoms with Gasteiger partial charge in [-0.05, 0) is 37.5 Å². The van der Waals surface area contributed by atoms with E-state index in [1.165, 1.54) is 11.6 Å². The number of anilines is 1. The molecule has 0 spiro atoms. The lowest BCUT2D eigenvalue weighted by Crippen LogP contribution is -2.42. The first-order valence-corrected chi connectivity index (χ1v) is 11.5. The number of rotatable bonds is 4. The molecule has 0 bridgehead atoms. The lowest BCUT2D eigenvalue weighted by molar-refractivity contribution is -0.121. The average Bonchev–Trinajstić information content (AvgIpc) is 3.29. The van der Waals surface area contributed by atoms with Crippen LogP contribution in [0.25, 0.3) is 0 Å². The smallest absolute Gasteiger partial charge is 0.276 e. The van der Waals surface area contributed by atoms with Gasteiger partial charge in [0.15, 0.2) is 17.3 Å². The van der Waals surface area contributed by atoms with E-state index in [4.69, 9.17) is 4.74 Å². The van der Waals surface area contributed by atoms with Crippen molar-refractivity contribution in [2.24, 2.45) is 5.92 Å². The van der Waals surface area contributed by atoms with Crippen molar-refractivity contribution in [3.05, 3.63) is 76.6 Å². The quantitative estimate of drug-likeness (QED) is 0.615. The lowest BCUT2D eigenvalue weighted by atomic mass is 9.95. The van der Waals surface area contributed by atoms with Crippen molar-refractivity contribution < 1.29 is 23.1 Å². The van der Waals surface area contributed by atoms with Crippen LogP contribution in [0.15, 0.2) is 42.5 Å². The van der Waals surface area contributed by atoms with Crippen molar-refractivity contribution in [2.75, 3.05) is 18.4 Å². The molecule has 1 aromatic heterocycles. The zero-order valence-corrected chi connectivity index (χ0v) is 19.2. The number of hydrogen-bond acceptors (Lipinski definition) is 5. The molecule has 10 heteroatoms. The number of benzene rings is 2. The fourth-order valence-electron chi connectivity index (χ4n) is 4.47. The van der Waals surface area contributed by atoms with E-state index in [0.29, 0.717) is 38.2 Å². The summed E-state index contributed by atoms with van der Waals surface area (Å²) in [6, 6.07) is 11.4. The van der Waals surface area contributed by atoms with Crippen LogP contribution >= 0.6 is 0 Å². The Labute approximate surface area is 200 Å². The Bertz CT molecular complexity index is 1250. The molecule has 0 aliphatic carbocycles. The van der Waals surface area contributed by atoms with Gasteiger partial charge in [0.25, 0.3) is 5.91 Å². The molecule has 0 unspecified atom stereocenters. The first-order valence-electron chi connectivity index (χ1n) is 11.5. The number of amides is 2. The number of ether oxygens (including phenoxy) is 1. The number of hydrogen-bond donors (Lipinski definition) is 1. The molecule has 0 radical (unpaired) electrons. The Morgan fingerprint density at radius 2 is 1.80 bits per heavy atom. The molecule has 3 aromatic rings. The van der Waals surface area contributed by atoms with Gasteiger partial charge in [0.1, 0.15) is 6.10 Å².